The molecular formula is C17H15ClN2O3. The highest BCUT2D eigenvalue weighted by atomic mass is 35.5. The second-order valence-electron chi connectivity index (χ2n) is 5.08. The molecule has 2 rings (SSSR count). The highest BCUT2D eigenvalue weighted by molar-refractivity contribution is 6.34. The number of halogens is 1. The molecule has 118 valence electrons. The van der Waals surface area contributed by atoms with E-state index in [0.717, 1.165) is 11.1 Å². The van der Waals surface area contributed by atoms with Crippen molar-refractivity contribution in [2.45, 2.75) is 13.8 Å². The summed E-state index contributed by atoms with van der Waals surface area (Å²) in [5, 5.41) is 14.1. The molecule has 0 aliphatic carbocycles. The molecule has 0 saturated carbocycles. The molecule has 0 aliphatic rings. The molecule has 6 heteroatoms. The van der Waals surface area contributed by atoms with Crippen molar-refractivity contribution in [3.05, 3.63) is 74.3 Å². The first-order chi connectivity index (χ1) is 10.9. The third kappa shape index (κ3) is 4.17. The molecule has 0 radical (unpaired) electrons. The molecule has 0 unspecified atom stereocenters. The number of nitro groups is 1. The average Bonchev–Trinajstić information content (AvgIpc) is 2.49. The van der Waals surface area contributed by atoms with E-state index in [9.17, 15) is 14.9 Å². The maximum atomic E-state index is 12.0. The third-order valence-corrected chi connectivity index (χ3v) is 3.53. The number of nitrogens with one attached hydrogen (secondary N) is 1. The molecule has 2 aromatic rings. The Balaban J connectivity index is 2.19. The first kappa shape index (κ1) is 16.7. The van der Waals surface area contributed by atoms with Crippen LogP contribution in [-0.2, 0) is 4.79 Å². The normalized spacial score (nSPS) is 10.7. The van der Waals surface area contributed by atoms with Crippen LogP contribution in [0.25, 0.3) is 6.08 Å². The molecule has 23 heavy (non-hydrogen) atoms. The van der Waals surface area contributed by atoms with Crippen molar-refractivity contribution >= 4 is 35.0 Å². The molecule has 0 saturated heterocycles. The van der Waals surface area contributed by atoms with E-state index in [1.807, 2.05) is 19.9 Å². The summed E-state index contributed by atoms with van der Waals surface area (Å²) in [7, 11) is 0. The van der Waals surface area contributed by atoms with Crippen LogP contribution >= 0.6 is 11.6 Å². The van der Waals surface area contributed by atoms with Gasteiger partial charge in [-0.05, 0) is 43.2 Å². The number of hydrogen-bond donors (Lipinski definition) is 1. The minimum atomic E-state index is -0.488. The van der Waals surface area contributed by atoms with E-state index in [-0.39, 0.29) is 5.69 Å². The van der Waals surface area contributed by atoms with E-state index in [0.29, 0.717) is 16.3 Å². The molecule has 0 fully saturated rings. The monoisotopic (exact) mass is 330 g/mol. The summed E-state index contributed by atoms with van der Waals surface area (Å²) in [6.07, 6.45) is 2.66. The largest absolute Gasteiger partial charge is 0.321 e. The third-order valence-electron chi connectivity index (χ3n) is 3.23. The highest BCUT2D eigenvalue weighted by Gasteiger charge is 2.11. The molecule has 0 atom stereocenters. The number of amides is 1. The molecule has 0 aromatic heterocycles. The summed E-state index contributed by atoms with van der Waals surface area (Å²) in [5.41, 5.74) is 2.69. The van der Waals surface area contributed by atoms with Gasteiger partial charge in [0, 0.05) is 12.1 Å². The summed E-state index contributed by atoms with van der Waals surface area (Å²) < 4.78 is 0. The number of carbonyl (C=O) groups excluding carboxylic acids is 1. The van der Waals surface area contributed by atoms with Crippen molar-refractivity contribution in [2.75, 3.05) is 5.32 Å². The van der Waals surface area contributed by atoms with E-state index in [4.69, 9.17) is 11.6 Å². The SMILES string of the molecule is Cc1cc(C)c(NC(=O)/C=C/c2ccccc2[N+](=O)[O-])c(Cl)c1. The van der Waals surface area contributed by atoms with E-state index < -0.39 is 10.8 Å². The highest BCUT2D eigenvalue weighted by Crippen LogP contribution is 2.27. The smallest absolute Gasteiger partial charge is 0.276 e. The number of nitrogens with zero attached hydrogens (tertiary/aromatic N) is 1. The summed E-state index contributed by atoms with van der Waals surface area (Å²) in [6, 6.07) is 9.88. The zero-order valence-electron chi connectivity index (χ0n) is 12.7. The van der Waals surface area contributed by atoms with Crippen LogP contribution in [-0.4, -0.2) is 10.8 Å². The van der Waals surface area contributed by atoms with Crippen LogP contribution in [0.4, 0.5) is 11.4 Å². The van der Waals surface area contributed by atoms with Gasteiger partial charge in [0.05, 0.1) is 21.2 Å². The van der Waals surface area contributed by atoms with Crippen LogP contribution < -0.4 is 5.32 Å². The summed E-state index contributed by atoms with van der Waals surface area (Å²) in [4.78, 5) is 22.5. The van der Waals surface area contributed by atoms with Crippen molar-refractivity contribution in [1.29, 1.82) is 0 Å². The molecule has 1 N–H and O–H groups in total. The van der Waals surface area contributed by atoms with E-state index >= 15 is 0 Å². The maximum Gasteiger partial charge on any atom is 0.276 e. The van der Waals surface area contributed by atoms with Gasteiger partial charge in [0.1, 0.15) is 0 Å². The molecule has 2 aromatic carbocycles. The number of hydrogen-bond acceptors (Lipinski definition) is 3. The number of para-hydroxylation sites is 1. The minimum Gasteiger partial charge on any atom is -0.321 e. The Hall–Kier alpha value is -2.66. The topological polar surface area (TPSA) is 72.2 Å². The molecular weight excluding hydrogens is 316 g/mol. The zero-order valence-corrected chi connectivity index (χ0v) is 13.4. The van der Waals surface area contributed by atoms with Crippen molar-refractivity contribution in [1.82, 2.24) is 0 Å². The van der Waals surface area contributed by atoms with Crippen LogP contribution in [0, 0.1) is 24.0 Å². The molecule has 5 nitrogen and oxygen atoms in total. The predicted octanol–water partition coefficient (Wildman–Crippen LogP) is 4.52. The molecule has 0 spiro atoms. The van der Waals surface area contributed by atoms with Gasteiger partial charge in [-0.3, -0.25) is 14.9 Å². The van der Waals surface area contributed by atoms with Crippen molar-refractivity contribution < 1.29 is 9.72 Å². The standard InChI is InChI=1S/C17H15ClN2O3/c1-11-9-12(2)17(14(18)10-11)19-16(21)8-7-13-5-3-4-6-15(13)20(22)23/h3-10H,1-2H3,(H,19,21)/b8-7+. The number of rotatable bonds is 4. The zero-order chi connectivity index (χ0) is 17.0. The second-order valence-corrected chi connectivity index (χ2v) is 5.48. The number of aryl methyl sites for hydroxylation is 2. The Morgan fingerprint density at radius 2 is 1.96 bits per heavy atom. The van der Waals surface area contributed by atoms with Crippen molar-refractivity contribution in [3.63, 3.8) is 0 Å². The summed E-state index contributed by atoms with van der Waals surface area (Å²) in [5.74, 6) is -0.406. The van der Waals surface area contributed by atoms with E-state index in [1.54, 1.807) is 24.3 Å². The number of anilines is 1. The lowest BCUT2D eigenvalue weighted by Gasteiger charge is -2.10. The fourth-order valence-corrected chi connectivity index (χ4v) is 2.57. The lowest BCUT2D eigenvalue weighted by molar-refractivity contribution is -0.385. The fourth-order valence-electron chi connectivity index (χ4n) is 2.20. The average molecular weight is 331 g/mol. The Morgan fingerprint density at radius 3 is 2.61 bits per heavy atom. The van der Waals surface area contributed by atoms with Gasteiger partial charge in [-0.15, -0.1) is 0 Å². The van der Waals surface area contributed by atoms with Gasteiger partial charge in [0.2, 0.25) is 5.91 Å². The van der Waals surface area contributed by atoms with E-state index in [2.05, 4.69) is 5.32 Å². The molecule has 1 amide bonds. The lowest BCUT2D eigenvalue weighted by atomic mass is 10.1. The molecule has 0 aliphatic heterocycles. The van der Waals surface area contributed by atoms with Crippen LogP contribution in [0.1, 0.15) is 16.7 Å². The Labute approximate surface area is 138 Å². The maximum absolute atomic E-state index is 12.0. The Kier molecular flexibility index (Phi) is 5.13. The van der Waals surface area contributed by atoms with Crippen LogP contribution in [0.2, 0.25) is 5.02 Å². The quantitative estimate of drug-likeness (QED) is 0.509. The minimum absolute atomic E-state index is 0.0545. The van der Waals surface area contributed by atoms with Gasteiger partial charge >= 0.3 is 0 Å². The first-order valence-corrected chi connectivity index (χ1v) is 7.25. The summed E-state index contributed by atoms with van der Waals surface area (Å²) >= 11 is 6.13. The van der Waals surface area contributed by atoms with E-state index in [1.165, 1.54) is 18.2 Å². The number of nitro benzene ring substituents is 1. The molecule has 0 heterocycles. The first-order valence-electron chi connectivity index (χ1n) is 6.87. The Morgan fingerprint density at radius 1 is 1.26 bits per heavy atom. The number of benzene rings is 2. The van der Waals surface area contributed by atoms with Crippen LogP contribution in [0.15, 0.2) is 42.5 Å². The van der Waals surface area contributed by atoms with Gasteiger partial charge in [-0.1, -0.05) is 29.8 Å². The molecule has 0 bridgehead atoms. The van der Waals surface area contributed by atoms with Crippen LogP contribution in [0.3, 0.4) is 0 Å². The predicted molar refractivity (Wildman–Crippen MR) is 91.7 cm³/mol. The number of carbonyl (C=O) groups is 1. The van der Waals surface area contributed by atoms with Crippen molar-refractivity contribution in [2.24, 2.45) is 0 Å². The van der Waals surface area contributed by atoms with Gasteiger partial charge in [-0.2, -0.15) is 0 Å². The fraction of sp³-hybridized carbons (Fsp3) is 0.118. The van der Waals surface area contributed by atoms with Crippen molar-refractivity contribution in [3.8, 4) is 0 Å². The van der Waals surface area contributed by atoms with Gasteiger partial charge in [0.15, 0.2) is 0 Å². The lowest BCUT2D eigenvalue weighted by Crippen LogP contribution is -2.09. The van der Waals surface area contributed by atoms with Gasteiger partial charge in [0.25, 0.3) is 5.69 Å². The van der Waals surface area contributed by atoms with Gasteiger partial charge in [-0.25, -0.2) is 0 Å². The second kappa shape index (κ2) is 7.07. The van der Waals surface area contributed by atoms with Gasteiger partial charge < -0.3 is 5.32 Å². The Bertz CT molecular complexity index is 777. The summed E-state index contributed by atoms with van der Waals surface area (Å²) in [6.45, 7) is 3.76. The van der Waals surface area contributed by atoms with Crippen LogP contribution in [0.5, 0.6) is 0 Å².